The van der Waals surface area contributed by atoms with Crippen molar-refractivity contribution < 1.29 is 14.3 Å². The van der Waals surface area contributed by atoms with Gasteiger partial charge in [0.1, 0.15) is 5.75 Å². The smallest absolute Gasteiger partial charge is 0.258 e. The second-order valence-corrected chi connectivity index (χ2v) is 8.05. The number of fused-ring (bicyclic) bond motifs is 1. The molecule has 0 radical (unpaired) electrons. The molecule has 2 amide bonds. The van der Waals surface area contributed by atoms with Crippen molar-refractivity contribution in [3.8, 4) is 5.75 Å². The van der Waals surface area contributed by atoms with Crippen LogP contribution in [0.4, 0.5) is 0 Å². The molecular weight excluding hydrogens is 388 g/mol. The van der Waals surface area contributed by atoms with E-state index >= 15 is 0 Å². The average Bonchev–Trinajstić information content (AvgIpc) is 2.82. The van der Waals surface area contributed by atoms with Crippen LogP contribution in [0, 0.1) is 0 Å². The summed E-state index contributed by atoms with van der Waals surface area (Å²) in [6.45, 7) is 0.321. The summed E-state index contributed by atoms with van der Waals surface area (Å²) in [5.41, 5.74) is 1.45. The first-order valence-corrected chi connectivity index (χ1v) is 11.0. The Bertz CT molecular complexity index is 1040. The number of hydrogen-bond donors (Lipinski definition) is 2. The molecule has 5 heteroatoms. The number of rotatable bonds is 7. The molecule has 31 heavy (non-hydrogen) atoms. The van der Waals surface area contributed by atoms with Crippen LogP contribution in [0.2, 0.25) is 0 Å². The van der Waals surface area contributed by atoms with Gasteiger partial charge in [-0.25, -0.2) is 0 Å². The molecule has 0 saturated heterocycles. The van der Waals surface area contributed by atoms with E-state index in [2.05, 4.69) is 10.6 Å². The lowest BCUT2D eigenvalue weighted by Gasteiger charge is -2.23. The van der Waals surface area contributed by atoms with Gasteiger partial charge in [-0.3, -0.25) is 9.59 Å². The van der Waals surface area contributed by atoms with E-state index in [0.29, 0.717) is 17.9 Å². The first-order valence-electron chi connectivity index (χ1n) is 11.0. The lowest BCUT2D eigenvalue weighted by molar-refractivity contribution is -0.124. The number of benzene rings is 3. The van der Waals surface area contributed by atoms with Gasteiger partial charge in [-0.15, -0.1) is 0 Å². The Hall–Kier alpha value is -3.34. The number of hydrogen-bond acceptors (Lipinski definition) is 3. The highest BCUT2D eigenvalue weighted by Gasteiger charge is 2.18. The van der Waals surface area contributed by atoms with Gasteiger partial charge in [0.25, 0.3) is 11.8 Å². The van der Waals surface area contributed by atoms with Gasteiger partial charge in [-0.05, 0) is 41.3 Å². The van der Waals surface area contributed by atoms with Crippen molar-refractivity contribution in [2.24, 2.45) is 0 Å². The molecule has 3 aromatic rings. The van der Waals surface area contributed by atoms with Gasteiger partial charge >= 0.3 is 0 Å². The van der Waals surface area contributed by atoms with E-state index in [4.69, 9.17) is 4.74 Å². The number of amides is 2. The van der Waals surface area contributed by atoms with Gasteiger partial charge < -0.3 is 15.4 Å². The van der Waals surface area contributed by atoms with Crippen LogP contribution in [0.5, 0.6) is 5.75 Å². The minimum atomic E-state index is -0.225. The largest absolute Gasteiger partial charge is 0.483 e. The van der Waals surface area contributed by atoms with Crippen molar-refractivity contribution in [1.29, 1.82) is 0 Å². The van der Waals surface area contributed by atoms with Crippen LogP contribution < -0.4 is 15.4 Å². The first-order chi connectivity index (χ1) is 15.2. The second-order valence-electron chi connectivity index (χ2n) is 8.05. The van der Waals surface area contributed by atoms with Gasteiger partial charge in [0.2, 0.25) is 0 Å². The summed E-state index contributed by atoms with van der Waals surface area (Å²) in [4.78, 5) is 25.4. The van der Waals surface area contributed by atoms with E-state index in [0.717, 1.165) is 42.0 Å². The molecule has 0 bridgehead atoms. The third-order valence-corrected chi connectivity index (χ3v) is 5.72. The molecule has 1 fully saturated rings. The SMILES string of the molecule is O=C(COc1cc2ccccc2cc1C(=O)NCc1ccccc1)NC1CCCCC1. The first kappa shape index (κ1) is 20.9. The fourth-order valence-corrected chi connectivity index (χ4v) is 4.05. The third kappa shape index (κ3) is 5.63. The summed E-state index contributed by atoms with van der Waals surface area (Å²) in [7, 11) is 0. The zero-order chi connectivity index (χ0) is 21.5. The van der Waals surface area contributed by atoms with Gasteiger partial charge in [0, 0.05) is 12.6 Å². The highest BCUT2D eigenvalue weighted by Crippen LogP contribution is 2.26. The molecule has 2 N–H and O–H groups in total. The van der Waals surface area contributed by atoms with Crippen LogP contribution in [-0.2, 0) is 11.3 Å². The Morgan fingerprint density at radius 1 is 0.871 bits per heavy atom. The molecule has 1 saturated carbocycles. The summed E-state index contributed by atoms with van der Waals surface area (Å²) < 4.78 is 5.85. The van der Waals surface area contributed by atoms with Crippen LogP contribution in [-0.4, -0.2) is 24.5 Å². The molecular formula is C26H28N2O3. The van der Waals surface area contributed by atoms with Crippen LogP contribution in [0.15, 0.2) is 66.7 Å². The van der Waals surface area contributed by atoms with E-state index in [9.17, 15) is 9.59 Å². The van der Waals surface area contributed by atoms with Crippen molar-refractivity contribution in [3.05, 3.63) is 77.9 Å². The summed E-state index contributed by atoms with van der Waals surface area (Å²) in [6.07, 6.45) is 5.59. The van der Waals surface area contributed by atoms with E-state index < -0.39 is 0 Å². The highest BCUT2D eigenvalue weighted by atomic mass is 16.5. The molecule has 160 valence electrons. The zero-order valence-corrected chi connectivity index (χ0v) is 17.6. The predicted molar refractivity (Wildman–Crippen MR) is 122 cm³/mol. The Labute approximate surface area is 182 Å². The maximum Gasteiger partial charge on any atom is 0.258 e. The van der Waals surface area contributed by atoms with E-state index in [1.54, 1.807) is 0 Å². The van der Waals surface area contributed by atoms with Crippen molar-refractivity contribution in [1.82, 2.24) is 10.6 Å². The molecule has 0 aromatic heterocycles. The molecule has 0 atom stereocenters. The molecule has 0 aliphatic heterocycles. The van der Waals surface area contributed by atoms with Gasteiger partial charge in [0.05, 0.1) is 5.56 Å². The zero-order valence-electron chi connectivity index (χ0n) is 17.6. The molecule has 3 aromatic carbocycles. The molecule has 0 heterocycles. The summed E-state index contributed by atoms with van der Waals surface area (Å²) in [6, 6.07) is 21.5. The van der Waals surface area contributed by atoms with Crippen LogP contribution in [0.1, 0.15) is 48.0 Å². The van der Waals surface area contributed by atoms with E-state index in [1.165, 1.54) is 6.42 Å². The standard InChI is InChI=1S/C26H28N2O3/c29-25(28-22-13-5-2-6-14-22)18-31-24-16-21-12-8-7-11-20(21)15-23(24)26(30)27-17-19-9-3-1-4-10-19/h1,3-4,7-12,15-16,22H,2,5-6,13-14,17-18H2,(H,27,30)(H,28,29). The van der Waals surface area contributed by atoms with Gasteiger partial charge in [-0.1, -0.05) is 73.9 Å². The number of carbonyl (C=O) groups excluding carboxylic acids is 2. The molecule has 5 nitrogen and oxygen atoms in total. The van der Waals surface area contributed by atoms with Crippen LogP contribution in [0.3, 0.4) is 0 Å². The van der Waals surface area contributed by atoms with Crippen molar-refractivity contribution in [2.45, 2.75) is 44.7 Å². The Morgan fingerprint density at radius 2 is 1.55 bits per heavy atom. The topological polar surface area (TPSA) is 67.4 Å². The predicted octanol–water partition coefficient (Wildman–Crippen LogP) is 4.60. The van der Waals surface area contributed by atoms with E-state index in [-0.39, 0.29) is 24.5 Å². The Morgan fingerprint density at radius 3 is 2.29 bits per heavy atom. The van der Waals surface area contributed by atoms with Gasteiger partial charge in [0.15, 0.2) is 6.61 Å². The normalized spacial score (nSPS) is 14.2. The van der Waals surface area contributed by atoms with E-state index in [1.807, 2.05) is 66.7 Å². The fraction of sp³-hybridized carbons (Fsp3) is 0.308. The number of carbonyl (C=O) groups is 2. The lowest BCUT2D eigenvalue weighted by atomic mass is 9.95. The molecule has 1 aliphatic rings. The highest BCUT2D eigenvalue weighted by molar-refractivity contribution is 6.01. The van der Waals surface area contributed by atoms with Crippen molar-refractivity contribution >= 4 is 22.6 Å². The molecule has 1 aliphatic carbocycles. The summed E-state index contributed by atoms with van der Waals surface area (Å²) in [5, 5.41) is 7.92. The second kappa shape index (κ2) is 10.1. The fourth-order valence-electron chi connectivity index (χ4n) is 4.05. The van der Waals surface area contributed by atoms with Crippen LogP contribution >= 0.6 is 0 Å². The minimum absolute atomic E-state index is 0.103. The lowest BCUT2D eigenvalue weighted by Crippen LogP contribution is -2.39. The molecule has 4 rings (SSSR count). The average molecular weight is 417 g/mol. The summed E-state index contributed by atoms with van der Waals surface area (Å²) in [5.74, 6) is 0.0519. The quantitative estimate of drug-likeness (QED) is 0.592. The minimum Gasteiger partial charge on any atom is -0.483 e. The van der Waals surface area contributed by atoms with Gasteiger partial charge in [-0.2, -0.15) is 0 Å². The Balaban J connectivity index is 1.47. The molecule has 0 spiro atoms. The summed E-state index contributed by atoms with van der Waals surface area (Å²) >= 11 is 0. The molecule has 0 unspecified atom stereocenters. The monoisotopic (exact) mass is 416 g/mol. The number of ether oxygens (including phenoxy) is 1. The third-order valence-electron chi connectivity index (χ3n) is 5.72. The van der Waals surface area contributed by atoms with Crippen molar-refractivity contribution in [3.63, 3.8) is 0 Å². The number of nitrogens with one attached hydrogen (secondary N) is 2. The van der Waals surface area contributed by atoms with Crippen LogP contribution in [0.25, 0.3) is 10.8 Å². The Kier molecular flexibility index (Phi) is 6.82. The maximum absolute atomic E-state index is 13.0. The maximum atomic E-state index is 13.0. The van der Waals surface area contributed by atoms with Crippen molar-refractivity contribution in [2.75, 3.05) is 6.61 Å².